The second-order valence-corrected chi connectivity index (χ2v) is 6.17. The zero-order chi connectivity index (χ0) is 13.8. The Morgan fingerprint density at radius 1 is 1.39 bits per heavy atom. The first kappa shape index (κ1) is 14.6. The maximum absolute atomic E-state index is 11.8. The minimum Gasteiger partial charge on any atom is -0.508 e. The number of aromatic hydroxyl groups is 1. The Bertz CT molecular complexity index is 407. The Balaban J connectivity index is 2.47. The smallest absolute Gasteiger partial charge is 0.224 e. The molecule has 0 aliphatic rings. The lowest BCUT2D eigenvalue weighted by Crippen LogP contribution is -2.18. The molecule has 1 rings (SSSR count). The molecule has 1 atom stereocenters. The van der Waals surface area contributed by atoms with Gasteiger partial charge in [-0.2, -0.15) is 0 Å². The fourth-order valence-electron chi connectivity index (χ4n) is 2.23. The van der Waals surface area contributed by atoms with Crippen LogP contribution in [-0.2, 0) is 4.79 Å². The third-order valence-electron chi connectivity index (χ3n) is 2.62. The summed E-state index contributed by atoms with van der Waals surface area (Å²) in [7, 11) is 0. The molecule has 3 heteroatoms. The molecule has 0 aliphatic heterocycles. The van der Waals surface area contributed by atoms with Crippen molar-refractivity contribution in [2.75, 3.05) is 5.32 Å². The molecule has 18 heavy (non-hydrogen) atoms. The van der Waals surface area contributed by atoms with Gasteiger partial charge < -0.3 is 10.4 Å². The van der Waals surface area contributed by atoms with E-state index in [9.17, 15) is 9.90 Å². The Kier molecular flexibility index (Phi) is 4.76. The van der Waals surface area contributed by atoms with Crippen LogP contribution in [0.4, 0.5) is 5.69 Å². The molecule has 1 unspecified atom stereocenters. The van der Waals surface area contributed by atoms with Crippen LogP contribution in [0.15, 0.2) is 24.3 Å². The van der Waals surface area contributed by atoms with E-state index in [1.54, 1.807) is 24.3 Å². The van der Waals surface area contributed by atoms with Crippen LogP contribution in [0.5, 0.6) is 5.75 Å². The fraction of sp³-hybridized carbons (Fsp3) is 0.533. The zero-order valence-corrected chi connectivity index (χ0v) is 11.7. The van der Waals surface area contributed by atoms with Crippen molar-refractivity contribution in [1.29, 1.82) is 0 Å². The number of anilines is 1. The van der Waals surface area contributed by atoms with Crippen molar-refractivity contribution < 1.29 is 9.90 Å². The first-order valence-electron chi connectivity index (χ1n) is 6.35. The lowest BCUT2D eigenvalue weighted by atomic mass is 9.84. The van der Waals surface area contributed by atoms with Crippen LogP contribution >= 0.6 is 0 Å². The number of carbonyl (C=O) groups excluding carboxylic acids is 1. The molecule has 0 spiro atoms. The molecular weight excluding hydrogens is 226 g/mol. The summed E-state index contributed by atoms with van der Waals surface area (Å²) in [5.74, 6) is 0.509. The van der Waals surface area contributed by atoms with Crippen LogP contribution in [0.2, 0.25) is 0 Å². The fourth-order valence-corrected chi connectivity index (χ4v) is 2.23. The lowest BCUT2D eigenvalue weighted by molar-refractivity contribution is -0.117. The molecule has 1 aromatic rings. The summed E-state index contributed by atoms with van der Waals surface area (Å²) in [6.45, 7) is 8.62. The second kappa shape index (κ2) is 5.89. The molecule has 0 radical (unpaired) electrons. The molecule has 0 saturated heterocycles. The molecule has 100 valence electrons. The summed E-state index contributed by atoms with van der Waals surface area (Å²) < 4.78 is 0. The molecule has 0 saturated carbocycles. The van der Waals surface area contributed by atoms with E-state index in [1.165, 1.54) is 0 Å². The third kappa shape index (κ3) is 5.71. The number of amides is 1. The van der Waals surface area contributed by atoms with Gasteiger partial charge in [-0.3, -0.25) is 4.79 Å². The van der Waals surface area contributed by atoms with Gasteiger partial charge in [0.05, 0.1) is 0 Å². The predicted molar refractivity (Wildman–Crippen MR) is 74.6 cm³/mol. The van der Waals surface area contributed by atoms with Crippen LogP contribution in [0.3, 0.4) is 0 Å². The van der Waals surface area contributed by atoms with E-state index in [-0.39, 0.29) is 17.1 Å². The number of phenolic OH excluding ortho intramolecular Hbond substituents is 1. The van der Waals surface area contributed by atoms with E-state index < -0.39 is 0 Å². The highest BCUT2D eigenvalue weighted by atomic mass is 16.3. The van der Waals surface area contributed by atoms with Crippen molar-refractivity contribution in [2.24, 2.45) is 11.3 Å². The first-order valence-corrected chi connectivity index (χ1v) is 6.35. The highest BCUT2D eigenvalue weighted by Gasteiger charge is 2.17. The van der Waals surface area contributed by atoms with Crippen molar-refractivity contribution in [1.82, 2.24) is 0 Å². The summed E-state index contributed by atoms with van der Waals surface area (Å²) >= 11 is 0. The van der Waals surface area contributed by atoms with E-state index in [2.05, 4.69) is 33.0 Å². The Morgan fingerprint density at radius 2 is 2.06 bits per heavy atom. The van der Waals surface area contributed by atoms with Gasteiger partial charge in [0.1, 0.15) is 5.75 Å². The van der Waals surface area contributed by atoms with Gasteiger partial charge in [-0.1, -0.05) is 33.8 Å². The van der Waals surface area contributed by atoms with E-state index in [4.69, 9.17) is 0 Å². The van der Waals surface area contributed by atoms with E-state index in [0.717, 1.165) is 6.42 Å². The van der Waals surface area contributed by atoms with Crippen molar-refractivity contribution in [2.45, 2.75) is 40.5 Å². The average molecular weight is 249 g/mol. The summed E-state index contributed by atoms with van der Waals surface area (Å²) in [4.78, 5) is 11.8. The third-order valence-corrected chi connectivity index (χ3v) is 2.62. The Labute approximate surface area is 109 Å². The van der Waals surface area contributed by atoms with Crippen LogP contribution in [0.25, 0.3) is 0 Å². The van der Waals surface area contributed by atoms with E-state index in [1.807, 2.05) is 0 Å². The summed E-state index contributed by atoms with van der Waals surface area (Å²) in [5.41, 5.74) is 0.882. The normalized spacial score (nSPS) is 13.1. The van der Waals surface area contributed by atoms with Crippen LogP contribution in [0, 0.1) is 11.3 Å². The molecule has 0 heterocycles. The van der Waals surface area contributed by atoms with Crippen molar-refractivity contribution >= 4 is 11.6 Å². The topological polar surface area (TPSA) is 49.3 Å². The standard InChI is InChI=1S/C15H23NO2/c1-11(10-15(2,3)4)8-14(18)16-12-6-5-7-13(17)9-12/h5-7,9,11,17H,8,10H2,1-4H3,(H,16,18). The van der Waals surface area contributed by atoms with Gasteiger partial charge in [0.15, 0.2) is 0 Å². The number of benzene rings is 1. The highest BCUT2D eigenvalue weighted by Crippen LogP contribution is 2.26. The van der Waals surface area contributed by atoms with Gasteiger partial charge >= 0.3 is 0 Å². The quantitative estimate of drug-likeness (QED) is 0.852. The minimum atomic E-state index is -0.00245. The maximum Gasteiger partial charge on any atom is 0.224 e. The van der Waals surface area contributed by atoms with Gasteiger partial charge in [0, 0.05) is 18.2 Å². The zero-order valence-electron chi connectivity index (χ0n) is 11.7. The predicted octanol–water partition coefficient (Wildman–Crippen LogP) is 3.79. The van der Waals surface area contributed by atoms with Gasteiger partial charge in [0.2, 0.25) is 5.91 Å². The largest absolute Gasteiger partial charge is 0.508 e. The summed E-state index contributed by atoms with van der Waals surface area (Å²) in [6.07, 6.45) is 1.52. The number of hydrogen-bond donors (Lipinski definition) is 2. The van der Waals surface area contributed by atoms with Crippen LogP contribution in [-0.4, -0.2) is 11.0 Å². The molecule has 2 N–H and O–H groups in total. The van der Waals surface area contributed by atoms with E-state index >= 15 is 0 Å². The number of rotatable bonds is 4. The Hall–Kier alpha value is -1.51. The van der Waals surface area contributed by atoms with Gasteiger partial charge in [0.25, 0.3) is 0 Å². The van der Waals surface area contributed by atoms with Crippen molar-refractivity contribution in [3.05, 3.63) is 24.3 Å². The lowest BCUT2D eigenvalue weighted by Gasteiger charge is -2.22. The molecule has 1 aromatic carbocycles. The average Bonchev–Trinajstić information content (AvgIpc) is 2.13. The van der Waals surface area contributed by atoms with Crippen molar-refractivity contribution in [3.8, 4) is 5.75 Å². The highest BCUT2D eigenvalue weighted by molar-refractivity contribution is 5.90. The summed E-state index contributed by atoms with van der Waals surface area (Å²) in [6, 6.07) is 6.61. The number of hydrogen-bond acceptors (Lipinski definition) is 2. The molecule has 3 nitrogen and oxygen atoms in total. The summed E-state index contributed by atoms with van der Waals surface area (Å²) in [5, 5.41) is 12.1. The maximum atomic E-state index is 11.8. The molecule has 1 amide bonds. The van der Waals surface area contributed by atoms with Crippen LogP contribution < -0.4 is 5.32 Å². The Morgan fingerprint density at radius 3 is 2.61 bits per heavy atom. The van der Waals surface area contributed by atoms with Gasteiger partial charge in [-0.25, -0.2) is 0 Å². The minimum absolute atomic E-state index is 0.00245. The van der Waals surface area contributed by atoms with E-state index in [0.29, 0.717) is 18.0 Å². The monoisotopic (exact) mass is 249 g/mol. The number of phenols is 1. The molecule has 0 fully saturated rings. The van der Waals surface area contributed by atoms with Gasteiger partial charge in [-0.15, -0.1) is 0 Å². The number of carbonyl (C=O) groups is 1. The SMILES string of the molecule is CC(CC(=O)Nc1cccc(O)c1)CC(C)(C)C. The molecular formula is C15H23NO2. The molecule has 0 aromatic heterocycles. The van der Waals surface area contributed by atoms with Crippen LogP contribution in [0.1, 0.15) is 40.5 Å². The first-order chi connectivity index (χ1) is 8.26. The molecule has 0 bridgehead atoms. The second-order valence-electron chi connectivity index (χ2n) is 6.17. The van der Waals surface area contributed by atoms with Gasteiger partial charge in [-0.05, 0) is 29.9 Å². The van der Waals surface area contributed by atoms with Crippen molar-refractivity contribution in [3.63, 3.8) is 0 Å². The molecule has 0 aliphatic carbocycles. The number of nitrogens with one attached hydrogen (secondary N) is 1.